The van der Waals surface area contributed by atoms with Crippen LogP contribution in [0.1, 0.15) is 16.1 Å². The third-order valence-electron chi connectivity index (χ3n) is 3.32. The first-order chi connectivity index (χ1) is 11.8. The largest absolute Gasteiger partial charge is 0.545 e. The van der Waals surface area contributed by atoms with Crippen LogP contribution in [0.5, 0.6) is 0 Å². The second-order valence-electron chi connectivity index (χ2n) is 4.98. The van der Waals surface area contributed by atoms with Crippen LogP contribution in [0.25, 0.3) is 17.4 Å². The van der Waals surface area contributed by atoms with Crippen molar-refractivity contribution in [2.45, 2.75) is 0 Å². The van der Waals surface area contributed by atoms with E-state index in [1.54, 1.807) is 0 Å². The highest BCUT2D eigenvalue weighted by Gasteiger charge is 2.28. The Labute approximate surface area is 145 Å². The van der Waals surface area contributed by atoms with Crippen molar-refractivity contribution >= 4 is 41.5 Å². The molecule has 1 aliphatic heterocycles. The van der Waals surface area contributed by atoms with Gasteiger partial charge in [-0.3, -0.25) is 20.2 Å². The van der Waals surface area contributed by atoms with Crippen LogP contribution in [0, 0.1) is 0 Å². The summed E-state index contributed by atoms with van der Waals surface area (Å²) in [5.41, 5.74) is -0.0870. The van der Waals surface area contributed by atoms with Gasteiger partial charge in [-0.2, -0.15) is 0 Å². The summed E-state index contributed by atoms with van der Waals surface area (Å²) in [5.74, 6) is -2.72. The van der Waals surface area contributed by atoms with E-state index in [9.17, 15) is 24.3 Å². The molecule has 2 N–H and O–H groups in total. The van der Waals surface area contributed by atoms with Crippen LogP contribution >= 0.6 is 11.6 Å². The number of rotatable bonds is 3. The van der Waals surface area contributed by atoms with Gasteiger partial charge in [0.15, 0.2) is 0 Å². The van der Waals surface area contributed by atoms with E-state index in [1.807, 2.05) is 10.6 Å². The number of urea groups is 1. The fourth-order valence-corrected chi connectivity index (χ4v) is 2.38. The minimum atomic E-state index is -1.37. The van der Waals surface area contributed by atoms with Crippen LogP contribution in [0.15, 0.2) is 40.3 Å². The standard InChI is InChI=1S/C16H9ClN2O6/c17-11-3-1-7(15(22)23)5-9(11)12-4-2-8(25-12)6-10-13(20)18-16(24)19-14(10)21/h1-6H,(H,22,23)(H2,18,19,20,21,24)/p-1. The Morgan fingerprint density at radius 3 is 2.40 bits per heavy atom. The number of imide groups is 2. The maximum absolute atomic E-state index is 11.7. The third-order valence-corrected chi connectivity index (χ3v) is 3.65. The van der Waals surface area contributed by atoms with Crippen molar-refractivity contribution < 1.29 is 28.7 Å². The number of nitrogens with one attached hydrogen (secondary N) is 2. The summed E-state index contributed by atoms with van der Waals surface area (Å²) in [6.07, 6.45) is 1.15. The number of carbonyl (C=O) groups is 4. The van der Waals surface area contributed by atoms with Crippen LogP contribution < -0.4 is 15.7 Å². The zero-order valence-electron chi connectivity index (χ0n) is 12.3. The summed E-state index contributed by atoms with van der Waals surface area (Å²) in [6, 6.07) is 6.01. The van der Waals surface area contributed by atoms with E-state index >= 15 is 0 Å². The Bertz CT molecular complexity index is 937. The van der Waals surface area contributed by atoms with Crippen molar-refractivity contribution in [3.8, 4) is 11.3 Å². The molecule has 1 saturated heterocycles. The van der Waals surface area contributed by atoms with Crippen LogP contribution in [0.3, 0.4) is 0 Å². The van der Waals surface area contributed by atoms with Gasteiger partial charge < -0.3 is 14.3 Å². The molecule has 0 aliphatic carbocycles. The van der Waals surface area contributed by atoms with Crippen molar-refractivity contribution in [2.75, 3.05) is 0 Å². The Morgan fingerprint density at radius 1 is 1.08 bits per heavy atom. The molecule has 9 heteroatoms. The summed E-state index contributed by atoms with van der Waals surface area (Å²) >= 11 is 6.04. The second kappa shape index (κ2) is 6.25. The third kappa shape index (κ3) is 3.29. The Balaban J connectivity index is 1.96. The molecule has 0 radical (unpaired) electrons. The van der Waals surface area contributed by atoms with E-state index < -0.39 is 23.8 Å². The molecule has 0 unspecified atom stereocenters. The maximum atomic E-state index is 11.7. The van der Waals surface area contributed by atoms with E-state index in [0.717, 1.165) is 6.08 Å². The predicted octanol–water partition coefficient (Wildman–Crippen LogP) is 0.713. The quantitative estimate of drug-likeness (QED) is 0.613. The predicted molar refractivity (Wildman–Crippen MR) is 83.1 cm³/mol. The first kappa shape index (κ1) is 16.5. The molecule has 2 heterocycles. The molecule has 1 aromatic heterocycles. The Hall–Kier alpha value is -3.39. The lowest BCUT2D eigenvalue weighted by Crippen LogP contribution is -2.51. The molecular formula is C16H8ClN2O6-. The van der Waals surface area contributed by atoms with Gasteiger partial charge in [0.05, 0.1) is 11.0 Å². The smallest absolute Gasteiger partial charge is 0.328 e. The fourth-order valence-electron chi connectivity index (χ4n) is 2.16. The zero-order valence-corrected chi connectivity index (χ0v) is 13.0. The molecule has 4 amide bonds. The van der Waals surface area contributed by atoms with Gasteiger partial charge in [-0.05, 0) is 35.9 Å². The normalized spacial score (nSPS) is 14.1. The summed E-state index contributed by atoms with van der Waals surface area (Å²) in [7, 11) is 0. The van der Waals surface area contributed by atoms with Crippen molar-refractivity contribution in [3.63, 3.8) is 0 Å². The average Bonchev–Trinajstić information content (AvgIpc) is 2.99. The molecular weight excluding hydrogens is 352 g/mol. The van der Waals surface area contributed by atoms with E-state index in [0.29, 0.717) is 5.56 Å². The van der Waals surface area contributed by atoms with Crippen molar-refractivity contribution in [3.05, 3.63) is 52.3 Å². The number of carbonyl (C=O) groups excluding carboxylic acids is 4. The summed E-state index contributed by atoms with van der Waals surface area (Å²) < 4.78 is 5.49. The summed E-state index contributed by atoms with van der Waals surface area (Å²) in [6.45, 7) is 0. The zero-order chi connectivity index (χ0) is 18.1. The van der Waals surface area contributed by atoms with Gasteiger partial charge in [-0.25, -0.2) is 4.79 Å². The number of amides is 4. The summed E-state index contributed by atoms with van der Waals surface area (Å²) in [4.78, 5) is 45.3. The monoisotopic (exact) mass is 359 g/mol. The van der Waals surface area contributed by atoms with Crippen LogP contribution in [0.4, 0.5) is 4.79 Å². The van der Waals surface area contributed by atoms with Crippen molar-refractivity contribution in [1.82, 2.24) is 10.6 Å². The SMILES string of the molecule is O=C1NC(=O)C(=Cc2ccc(-c3cc(C(=O)[O-])ccc3Cl)o2)C(=O)N1. The van der Waals surface area contributed by atoms with E-state index in [4.69, 9.17) is 16.0 Å². The molecule has 1 aromatic carbocycles. The first-order valence-corrected chi connectivity index (χ1v) is 7.22. The molecule has 0 saturated carbocycles. The topological polar surface area (TPSA) is 129 Å². The van der Waals surface area contributed by atoms with Gasteiger partial charge in [-0.15, -0.1) is 0 Å². The highest BCUT2D eigenvalue weighted by Crippen LogP contribution is 2.31. The highest BCUT2D eigenvalue weighted by atomic mass is 35.5. The number of hydrogen-bond donors (Lipinski definition) is 2. The van der Waals surface area contributed by atoms with Gasteiger partial charge in [0, 0.05) is 5.56 Å². The minimum Gasteiger partial charge on any atom is -0.545 e. The van der Waals surface area contributed by atoms with Crippen LogP contribution in [-0.2, 0) is 9.59 Å². The molecule has 25 heavy (non-hydrogen) atoms. The number of barbiturate groups is 1. The molecule has 0 atom stereocenters. The molecule has 0 spiro atoms. The molecule has 1 fully saturated rings. The van der Waals surface area contributed by atoms with Crippen molar-refractivity contribution in [2.24, 2.45) is 0 Å². The number of hydrogen-bond acceptors (Lipinski definition) is 6. The van der Waals surface area contributed by atoms with Gasteiger partial charge in [0.2, 0.25) is 0 Å². The van der Waals surface area contributed by atoms with Crippen LogP contribution in [0.2, 0.25) is 5.02 Å². The summed E-state index contributed by atoms with van der Waals surface area (Å²) in [5, 5.41) is 15.1. The molecule has 1 aliphatic rings. The van der Waals surface area contributed by atoms with Gasteiger partial charge in [0.1, 0.15) is 17.1 Å². The number of carboxylic acid groups (broad SMARTS) is 1. The lowest BCUT2D eigenvalue weighted by molar-refractivity contribution is -0.255. The van der Waals surface area contributed by atoms with Gasteiger partial charge in [-0.1, -0.05) is 17.7 Å². The fraction of sp³-hybridized carbons (Fsp3) is 0. The lowest BCUT2D eigenvalue weighted by atomic mass is 10.1. The molecule has 126 valence electrons. The first-order valence-electron chi connectivity index (χ1n) is 6.84. The van der Waals surface area contributed by atoms with Gasteiger partial charge >= 0.3 is 6.03 Å². The molecule has 2 aromatic rings. The number of carboxylic acids is 1. The van der Waals surface area contributed by atoms with E-state index in [-0.39, 0.29) is 27.7 Å². The lowest BCUT2D eigenvalue weighted by Gasteiger charge is -2.13. The number of furan rings is 1. The Kier molecular flexibility index (Phi) is 4.12. The molecule has 0 bridgehead atoms. The molecule has 8 nitrogen and oxygen atoms in total. The maximum Gasteiger partial charge on any atom is 0.328 e. The highest BCUT2D eigenvalue weighted by molar-refractivity contribution is 6.33. The van der Waals surface area contributed by atoms with E-state index in [2.05, 4.69) is 0 Å². The van der Waals surface area contributed by atoms with Crippen molar-refractivity contribution in [1.29, 1.82) is 0 Å². The van der Waals surface area contributed by atoms with Crippen LogP contribution in [-0.4, -0.2) is 23.8 Å². The number of aromatic carboxylic acids is 1. The number of benzene rings is 1. The second-order valence-corrected chi connectivity index (χ2v) is 5.39. The number of halogens is 1. The molecule has 3 rings (SSSR count). The van der Waals surface area contributed by atoms with E-state index in [1.165, 1.54) is 30.3 Å². The minimum absolute atomic E-state index is 0.0831. The average molecular weight is 360 g/mol. The van der Waals surface area contributed by atoms with Gasteiger partial charge in [0.25, 0.3) is 11.8 Å². The Morgan fingerprint density at radius 2 is 1.76 bits per heavy atom.